The van der Waals surface area contributed by atoms with Gasteiger partial charge in [-0.25, -0.2) is 28.9 Å². The summed E-state index contributed by atoms with van der Waals surface area (Å²) in [5, 5.41) is 17.0. The van der Waals surface area contributed by atoms with E-state index in [4.69, 9.17) is 35.6 Å². The van der Waals surface area contributed by atoms with Gasteiger partial charge in [-0.2, -0.15) is 13.2 Å². The van der Waals surface area contributed by atoms with Crippen molar-refractivity contribution in [2.24, 2.45) is 0 Å². The zero-order valence-electron chi connectivity index (χ0n) is 25.0. The van der Waals surface area contributed by atoms with Crippen molar-refractivity contribution in [3.8, 4) is 5.88 Å². The van der Waals surface area contributed by atoms with Crippen molar-refractivity contribution in [1.82, 2.24) is 24.4 Å². The van der Waals surface area contributed by atoms with Crippen LogP contribution in [0.25, 0.3) is 11.0 Å². The van der Waals surface area contributed by atoms with Gasteiger partial charge >= 0.3 is 18.1 Å². The molecule has 252 valence electrons. The molecule has 6 rings (SSSR count). The van der Waals surface area contributed by atoms with Gasteiger partial charge in [0.25, 0.3) is 0 Å². The average molecular weight is 690 g/mol. The maximum Gasteiger partial charge on any atom is 0.490 e. The van der Waals surface area contributed by atoms with E-state index < -0.39 is 23.9 Å². The summed E-state index contributed by atoms with van der Waals surface area (Å²) in [6.45, 7) is 2.66. The zero-order valence-corrected chi connectivity index (χ0v) is 25.8. The van der Waals surface area contributed by atoms with Gasteiger partial charge in [-0.15, -0.1) is 0 Å². The molecule has 0 aliphatic carbocycles. The molecule has 0 saturated carbocycles. The summed E-state index contributed by atoms with van der Waals surface area (Å²) < 4.78 is 59.4. The molecule has 4 heterocycles. The topological polar surface area (TPSA) is 144 Å². The number of aromatic nitrogens is 4. The molecule has 3 aromatic heterocycles. The van der Waals surface area contributed by atoms with Crippen LogP contribution in [-0.2, 0) is 24.5 Å². The molecule has 0 amide bonds. The number of ether oxygens (including phenoxy) is 1. The number of rotatable bonds is 9. The minimum absolute atomic E-state index is 0.0657. The van der Waals surface area contributed by atoms with Crippen LogP contribution in [0, 0.1) is 5.82 Å². The third-order valence-electron chi connectivity index (χ3n) is 7.67. The predicted octanol–water partition coefficient (Wildman–Crippen LogP) is 6.55. The number of carboxylic acid groups (broad SMARTS) is 2. The summed E-state index contributed by atoms with van der Waals surface area (Å²) in [5.74, 6) is -2.06. The molecule has 11 nitrogen and oxygen atoms in total. The number of aliphatic carboxylic acids is 1. The maximum atomic E-state index is 14.3. The number of piperidine rings is 1. The van der Waals surface area contributed by atoms with Crippen molar-refractivity contribution in [1.29, 1.82) is 0 Å². The molecule has 1 aliphatic heterocycles. The molecule has 5 aromatic rings. The minimum Gasteiger partial charge on any atom is -0.478 e. The van der Waals surface area contributed by atoms with Crippen LogP contribution in [-0.4, -0.2) is 65.8 Å². The standard InChI is InChI=1S/C30H27ClFN5O4.C2HF3O2/c31-22-5-3-21(24(32)15-22)18-41-29-23(2-1-9-34-29)19-7-11-36(12-8-19)16-27-35-25-6-4-20(30(38)39)14-26(25)37(27)17-28-33-10-13-40-28;3-2(4,5)1(6)7/h1-6,9-10,13-15,19H,7-8,11-12,16-18H2,(H,38,39);(H,6,7). The second-order valence-electron chi connectivity index (χ2n) is 10.8. The van der Waals surface area contributed by atoms with E-state index in [2.05, 4.69) is 14.9 Å². The van der Waals surface area contributed by atoms with E-state index in [1.54, 1.807) is 42.7 Å². The lowest BCUT2D eigenvalue weighted by molar-refractivity contribution is -0.192. The van der Waals surface area contributed by atoms with E-state index in [-0.39, 0.29) is 18.1 Å². The SMILES string of the molecule is O=C(O)C(F)(F)F.O=C(O)c1ccc2nc(CN3CCC(c4cccnc4OCc4ccc(Cl)cc4F)CC3)n(Cc3ncco3)c2c1. The normalized spacial score (nSPS) is 14.0. The highest BCUT2D eigenvalue weighted by molar-refractivity contribution is 6.30. The largest absolute Gasteiger partial charge is 0.490 e. The fourth-order valence-electron chi connectivity index (χ4n) is 5.29. The first-order valence-corrected chi connectivity index (χ1v) is 14.9. The van der Waals surface area contributed by atoms with Crippen LogP contribution in [0.2, 0.25) is 5.02 Å². The second kappa shape index (κ2) is 14.8. The van der Waals surface area contributed by atoms with Crippen LogP contribution in [0.1, 0.15) is 52.0 Å². The number of benzene rings is 2. The first kappa shape index (κ1) is 34.3. The van der Waals surface area contributed by atoms with Gasteiger partial charge in [0, 0.05) is 22.3 Å². The van der Waals surface area contributed by atoms with E-state index in [1.165, 1.54) is 12.3 Å². The Bertz CT molecular complexity index is 1890. The molecule has 48 heavy (non-hydrogen) atoms. The van der Waals surface area contributed by atoms with Crippen LogP contribution in [0.15, 0.2) is 71.6 Å². The lowest BCUT2D eigenvalue weighted by Crippen LogP contribution is -2.33. The van der Waals surface area contributed by atoms with Crippen molar-refractivity contribution in [2.45, 2.75) is 44.6 Å². The number of likely N-dealkylation sites (tertiary alicyclic amines) is 1. The van der Waals surface area contributed by atoms with Gasteiger partial charge in [0.15, 0.2) is 0 Å². The van der Waals surface area contributed by atoms with Gasteiger partial charge in [0.2, 0.25) is 11.8 Å². The molecule has 16 heteroatoms. The number of aromatic carboxylic acids is 1. The Morgan fingerprint density at radius 3 is 2.42 bits per heavy atom. The van der Waals surface area contributed by atoms with Crippen LogP contribution in [0.4, 0.5) is 17.6 Å². The van der Waals surface area contributed by atoms with E-state index in [0.717, 1.165) is 48.4 Å². The number of imidazole rings is 1. The molecule has 0 unspecified atom stereocenters. The lowest BCUT2D eigenvalue weighted by atomic mass is 9.90. The van der Waals surface area contributed by atoms with Crippen molar-refractivity contribution in [3.05, 3.63) is 106 Å². The fourth-order valence-corrected chi connectivity index (χ4v) is 5.45. The Morgan fingerprint density at radius 2 is 1.77 bits per heavy atom. The summed E-state index contributed by atoms with van der Waals surface area (Å²) >= 11 is 5.87. The van der Waals surface area contributed by atoms with Crippen LogP contribution >= 0.6 is 11.6 Å². The number of hydrogen-bond donors (Lipinski definition) is 2. The third-order valence-corrected chi connectivity index (χ3v) is 7.90. The number of alkyl halides is 3. The van der Waals surface area contributed by atoms with E-state index in [0.29, 0.717) is 35.4 Å². The Balaban J connectivity index is 0.000000582. The molecule has 0 bridgehead atoms. The van der Waals surface area contributed by atoms with Gasteiger partial charge in [-0.05, 0) is 68.2 Å². The van der Waals surface area contributed by atoms with Crippen LogP contribution < -0.4 is 4.74 Å². The van der Waals surface area contributed by atoms with Gasteiger partial charge in [-0.1, -0.05) is 23.7 Å². The number of hydrogen-bond acceptors (Lipinski definition) is 8. The van der Waals surface area contributed by atoms with Gasteiger partial charge in [0.1, 0.15) is 31.1 Å². The van der Waals surface area contributed by atoms with Gasteiger partial charge < -0.3 is 23.9 Å². The smallest absolute Gasteiger partial charge is 0.478 e. The summed E-state index contributed by atoms with van der Waals surface area (Å²) in [7, 11) is 0. The highest BCUT2D eigenvalue weighted by Crippen LogP contribution is 2.34. The molecule has 2 aromatic carbocycles. The van der Waals surface area contributed by atoms with Gasteiger partial charge in [0.05, 0.1) is 29.3 Å². The molecule has 0 atom stereocenters. The lowest BCUT2D eigenvalue weighted by Gasteiger charge is -2.32. The number of carbonyl (C=O) groups is 2. The van der Waals surface area contributed by atoms with Crippen LogP contribution in [0.3, 0.4) is 0 Å². The highest BCUT2D eigenvalue weighted by atomic mass is 35.5. The Morgan fingerprint density at radius 1 is 1.02 bits per heavy atom. The predicted molar refractivity (Wildman–Crippen MR) is 163 cm³/mol. The van der Waals surface area contributed by atoms with E-state index in [9.17, 15) is 27.5 Å². The van der Waals surface area contributed by atoms with Crippen molar-refractivity contribution in [2.75, 3.05) is 13.1 Å². The Kier molecular flexibility index (Phi) is 10.6. The van der Waals surface area contributed by atoms with Crippen molar-refractivity contribution in [3.63, 3.8) is 0 Å². The first-order chi connectivity index (χ1) is 22.9. The van der Waals surface area contributed by atoms with E-state index in [1.807, 2.05) is 16.7 Å². The Hall–Kier alpha value is -5.02. The fraction of sp³-hybridized carbons (Fsp3) is 0.281. The number of pyridine rings is 1. The quantitative estimate of drug-likeness (QED) is 0.164. The molecular formula is C32H28ClF4N5O6. The molecule has 2 N–H and O–H groups in total. The van der Waals surface area contributed by atoms with E-state index >= 15 is 0 Å². The van der Waals surface area contributed by atoms with Crippen molar-refractivity contribution >= 4 is 34.6 Å². The number of halogens is 5. The molecule has 0 radical (unpaired) electrons. The Labute approximate surface area is 275 Å². The van der Waals surface area contributed by atoms with Crippen LogP contribution in [0.5, 0.6) is 5.88 Å². The average Bonchev–Trinajstić information content (AvgIpc) is 3.69. The summed E-state index contributed by atoms with van der Waals surface area (Å²) in [5.41, 5.74) is 3.08. The molecule has 1 fully saturated rings. The summed E-state index contributed by atoms with van der Waals surface area (Å²) in [6, 6.07) is 13.4. The monoisotopic (exact) mass is 689 g/mol. The first-order valence-electron chi connectivity index (χ1n) is 14.5. The van der Waals surface area contributed by atoms with Gasteiger partial charge in [-0.3, -0.25) is 4.90 Å². The number of fused-ring (bicyclic) bond motifs is 1. The molecule has 1 saturated heterocycles. The number of nitrogens with zero attached hydrogens (tertiary/aromatic N) is 5. The molecular weight excluding hydrogens is 662 g/mol. The number of oxazole rings is 1. The summed E-state index contributed by atoms with van der Waals surface area (Å²) in [4.78, 5) is 36.4. The number of carboxylic acids is 2. The van der Waals surface area contributed by atoms with Crippen molar-refractivity contribution < 1.29 is 46.5 Å². The third kappa shape index (κ3) is 8.46. The maximum absolute atomic E-state index is 14.3. The zero-order chi connectivity index (χ0) is 34.4. The summed E-state index contributed by atoms with van der Waals surface area (Å²) in [6.07, 6.45) is 1.48. The molecule has 1 aliphatic rings. The second-order valence-corrected chi connectivity index (χ2v) is 11.3. The highest BCUT2D eigenvalue weighted by Gasteiger charge is 2.38. The molecule has 0 spiro atoms. The minimum atomic E-state index is -5.08.